The van der Waals surface area contributed by atoms with E-state index in [9.17, 15) is 5.11 Å². The number of allylic oxidation sites excluding steroid dienone is 2. The minimum atomic E-state index is -0.0846. The summed E-state index contributed by atoms with van der Waals surface area (Å²) in [5, 5.41) is 10.8. The molecule has 5 fully saturated rings. The predicted octanol–water partition coefficient (Wildman–Crippen LogP) is 7.92. The van der Waals surface area contributed by atoms with Crippen LogP contribution >= 0.6 is 0 Å². The van der Waals surface area contributed by atoms with Crippen LogP contribution in [0.1, 0.15) is 119 Å². The van der Waals surface area contributed by atoms with Gasteiger partial charge in [0.15, 0.2) is 0 Å². The van der Waals surface area contributed by atoms with Crippen LogP contribution in [0.2, 0.25) is 0 Å². The summed E-state index contributed by atoms with van der Waals surface area (Å²) in [5.41, 5.74) is 4.09. The molecule has 0 saturated heterocycles. The molecule has 0 aromatic carbocycles. The van der Waals surface area contributed by atoms with Crippen LogP contribution in [0.5, 0.6) is 0 Å². The molecule has 5 aliphatic carbocycles. The van der Waals surface area contributed by atoms with Crippen molar-refractivity contribution in [1.29, 1.82) is 0 Å². The first-order valence-electron chi connectivity index (χ1n) is 13.4. The summed E-state index contributed by atoms with van der Waals surface area (Å²) < 4.78 is 0. The largest absolute Gasteiger partial charge is 0.393 e. The minimum Gasteiger partial charge on any atom is -0.393 e. The van der Waals surface area contributed by atoms with Crippen LogP contribution in [0.15, 0.2) is 11.6 Å². The van der Waals surface area contributed by atoms with Crippen molar-refractivity contribution in [3.05, 3.63) is 11.6 Å². The second kappa shape index (κ2) is 6.61. The van der Waals surface area contributed by atoms with E-state index in [1.165, 1.54) is 70.6 Å². The number of rotatable bonds is 4. The smallest absolute Gasteiger partial charge is 0.0594 e. The van der Waals surface area contributed by atoms with Crippen molar-refractivity contribution in [3.63, 3.8) is 0 Å². The lowest BCUT2D eigenvalue weighted by atomic mass is 9.42. The quantitative estimate of drug-likeness (QED) is 0.367. The Hall–Kier alpha value is -0.300. The molecule has 0 aromatic rings. The molecular formula is C29H48O. The van der Waals surface area contributed by atoms with Crippen molar-refractivity contribution in [1.82, 2.24) is 0 Å². The summed E-state index contributed by atoms with van der Waals surface area (Å²) in [6.07, 6.45) is 19.0. The van der Waals surface area contributed by atoms with Crippen LogP contribution in [0.3, 0.4) is 0 Å². The van der Waals surface area contributed by atoms with E-state index in [-0.39, 0.29) is 11.5 Å². The highest BCUT2D eigenvalue weighted by atomic mass is 16.3. The summed E-state index contributed by atoms with van der Waals surface area (Å²) in [6.45, 7) is 14.9. The minimum absolute atomic E-state index is 0.0846. The van der Waals surface area contributed by atoms with E-state index in [0.29, 0.717) is 21.7 Å². The maximum Gasteiger partial charge on any atom is 0.0594 e. The summed E-state index contributed by atoms with van der Waals surface area (Å²) in [5.74, 6) is 2.51. The van der Waals surface area contributed by atoms with Crippen molar-refractivity contribution in [2.75, 3.05) is 0 Å². The average Bonchev–Trinajstić information content (AvgIpc) is 3.27. The molecule has 0 radical (unpaired) electrons. The van der Waals surface area contributed by atoms with Gasteiger partial charge in [0.1, 0.15) is 0 Å². The molecule has 0 heterocycles. The molecule has 30 heavy (non-hydrogen) atoms. The Morgan fingerprint density at radius 2 is 1.63 bits per heavy atom. The van der Waals surface area contributed by atoms with Crippen LogP contribution in [0.4, 0.5) is 0 Å². The molecule has 5 aliphatic rings. The normalized spacial score (nSPS) is 52.5. The van der Waals surface area contributed by atoms with Gasteiger partial charge in [0, 0.05) is 0 Å². The van der Waals surface area contributed by atoms with E-state index < -0.39 is 0 Å². The second-order valence-electron chi connectivity index (χ2n) is 13.9. The van der Waals surface area contributed by atoms with Gasteiger partial charge in [-0.2, -0.15) is 0 Å². The molecule has 1 nitrogen and oxygen atoms in total. The van der Waals surface area contributed by atoms with Gasteiger partial charge in [-0.25, -0.2) is 0 Å². The van der Waals surface area contributed by atoms with Crippen LogP contribution in [0.25, 0.3) is 0 Å². The third-order valence-electron chi connectivity index (χ3n) is 12.3. The number of aliphatic hydroxyl groups is 1. The zero-order chi connectivity index (χ0) is 21.6. The Kier molecular flexibility index (Phi) is 4.75. The van der Waals surface area contributed by atoms with Crippen LogP contribution in [0, 0.1) is 44.8 Å². The number of fused-ring (bicyclic) bond motifs is 2. The molecule has 0 amide bonds. The van der Waals surface area contributed by atoms with Gasteiger partial charge >= 0.3 is 0 Å². The molecule has 5 rings (SSSR count). The highest BCUT2D eigenvalue weighted by Crippen LogP contribution is 2.88. The summed E-state index contributed by atoms with van der Waals surface area (Å²) in [6, 6.07) is 0. The third kappa shape index (κ3) is 2.51. The topological polar surface area (TPSA) is 20.2 Å². The number of aliphatic hydroxyl groups excluding tert-OH is 1. The fourth-order valence-corrected chi connectivity index (χ4v) is 10.3. The van der Waals surface area contributed by atoms with E-state index in [0.717, 1.165) is 24.2 Å². The van der Waals surface area contributed by atoms with Crippen molar-refractivity contribution in [3.8, 4) is 0 Å². The molecule has 2 spiro atoms. The van der Waals surface area contributed by atoms with Crippen molar-refractivity contribution >= 4 is 0 Å². The van der Waals surface area contributed by atoms with Crippen molar-refractivity contribution < 1.29 is 5.11 Å². The van der Waals surface area contributed by atoms with Gasteiger partial charge in [0.05, 0.1) is 6.10 Å². The molecule has 1 N–H and O–H groups in total. The van der Waals surface area contributed by atoms with E-state index >= 15 is 0 Å². The Bertz CT molecular complexity index is 733. The summed E-state index contributed by atoms with van der Waals surface area (Å²) >= 11 is 0. The standard InChI is InChI=1S/C29H48O/c1-20(2)9-7-8-10-21-13-15-27(6)23-12-11-22-25(3,4)24(30)14-16-28(22)19-29(23,28)18-17-26(21,27)5/h10,20,22-24,30H,7-9,11-19H2,1-6H3/b21-10+/t22?,23?,24?,26?,27-,28?,29?/m0/s1. The van der Waals surface area contributed by atoms with Gasteiger partial charge in [0.2, 0.25) is 0 Å². The zero-order valence-corrected chi connectivity index (χ0v) is 20.8. The SMILES string of the molecule is CC(C)CCC/C=C1\CC[C@@]2(C)C3CCC4C(C)(C)C(O)CCC45CC35CCC12C. The zero-order valence-electron chi connectivity index (χ0n) is 20.8. The lowest BCUT2D eigenvalue weighted by Crippen LogP contribution is -2.56. The van der Waals surface area contributed by atoms with Crippen molar-refractivity contribution in [2.24, 2.45) is 44.8 Å². The van der Waals surface area contributed by atoms with E-state index in [4.69, 9.17) is 0 Å². The molecule has 5 saturated carbocycles. The van der Waals surface area contributed by atoms with Crippen LogP contribution < -0.4 is 0 Å². The molecular weight excluding hydrogens is 364 g/mol. The van der Waals surface area contributed by atoms with Gasteiger partial charge < -0.3 is 5.11 Å². The Morgan fingerprint density at radius 3 is 2.37 bits per heavy atom. The van der Waals surface area contributed by atoms with Gasteiger partial charge in [0.25, 0.3) is 0 Å². The van der Waals surface area contributed by atoms with Gasteiger partial charge in [-0.1, -0.05) is 59.6 Å². The molecule has 1 heteroatoms. The molecule has 7 atom stereocenters. The number of unbranched alkanes of at least 4 members (excludes halogenated alkanes) is 1. The van der Waals surface area contributed by atoms with Gasteiger partial charge in [-0.15, -0.1) is 0 Å². The third-order valence-corrected chi connectivity index (χ3v) is 12.3. The van der Waals surface area contributed by atoms with Crippen LogP contribution in [-0.2, 0) is 0 Å². The Morgan fingerprint density at radius 1 is 0.933 bits per heavy atom. The van der Waals surface area contributed by atoms with E-state index in [1.807, 2.05) is 5.57 Å². The summed E-state index contributed by atoms with van der Waals surface area (Å²) in [4.78, 5) is 0. The number of hydrogen-bond acceptors (Lipinski definition) is 1. The predicted molar refractivity (Wildman–Crippen MR) is 126 cm³/mol. The lowest BCUT2D eigenvalue weighted by Gasteiger charge is -2.62. The van der Waals surface area contributed by atoms with Gasteiger partial charge in [-0.05, 0) is 115 Å². The molecule has 6 unspecified atom stereocenters. The van der Waals surface area contributed by atoms with Crippen molar-refractivity contribution in [2.45, 2.75) is 125 Å². The fraction of sp³-hybridized carbons (Fsp3) is 0.931. The van der Waals surface area contributed by atoms with E-state index in [1.54, 1.807) is 0 Å². The first kappa shape index (κ1) is 21.5. The molecule has 170 valence electrons. The highest BCUT2D eigenvalue weighted by molar-refractivity contribution is 5.35. The molecule has 0 bridgehead atoms. The molecule has 0 aliphatic heterocycles. The average molecular weight is 413 g/mol. The highest BCUT2D eigenvalue weighted by Gasteiger charge is 2.81. The Balaban J connectivity index is 1.41. The van der Waals surface area contributed by atoms with Crippen LogP contribution in [-0.4, -0.2) is 11.2 Å². The Labute approximate surface area is 186 Å². The molecule has 0 aromatic heterocycles. The first-order chi connectivity index (χ1) is 14.0. The maximum atomic E-state index is 10.8. The summed E-state index contributed by atoms with van der Waals surface area (Å²) in [7, 11) is 0. The second-order valence-corrected chi connectivity index (χ2v) is 13.9. The fourth-order valence-electron chi connectivity index (χ4n) is 10.3. The van der Waals surface area contributed by atoms with E-state index in [2.05, 4.69) is 47.6 Å². The van der Waals surface area contributed by atoms with Gasteiger partial charge in [-0.3, -0.25) is 0 Å². The number of hydrogen-bond donors (Lipinski definition) is 1. The monoisotopic (exact) mass is 412 g/mol. The first-order valence-corrected chi connectivity index (χ1v) is 13.4. The lowest BCUT2D eigenvalue weighted by molar-refractivity contribution is -0.147. The maximum absolute atomic E-state index is 10.8.